The van der Waals surface area contributed by atoms with Crippen LogP contribution in [0.5, 0.6) is 0 Å². The zero-order chi connectivity index (χ0) is 14.1. The zero-order valence-corrected chi connectivity index (χ0v) is 12.8. The third-order valence-corrected chi connectivity index (χ3v) is 5.34. The van der Waals surface area contributed by atoms with Crippen molar-refractivity contribution in [3.63, 3.8) is 0 Å². The maximum atomic E-state index is 6.22. The van der Waals surface area contributed by atoms with E-state index in [0.717, 1.165) is 18.8 Å². The summed E-state index contributed by atoms with van der Waals surface area (Å²) in [5.41, 5.74) is 7.87. The van der Waals surface area contributed by atoms with Crippen LogP contribution in [0, 0.1) is 12.3 Å². The fraction of sp³-hybridized carbons (Fsp3) is 0.750. The van der Waals surface area contributed by atoms with Gasteiger partial charge >= 0.3 is 0 Å². The number of rotatable bonds is 4. The van der Waals surface area contributed by atoms with Crippen molar-refractivity contribution in [1.82, 2.24) is 4.90 Å². The molecule has 1 aromatic rings. The fourth-order valence-corrected chi connectivity index (χ4v) is 3.78. The molecule has 2 N–H and O–H groups in total. The SMILES string of the molecule is Cc1occc1CN(C)C1(CN)CCCCC1(C)C. The van der Waals surface area contributed by atoms with Gasteiger partial charge in [0.05, 0.1) is 6.26 Å². The molecule has 1 aliphatic rings. The molecule has 2 rings (SSSR count). The van der Waals surface area contributed by atoms with E-state index in [4.69, 9.17) is 10.2 Å². The van der Waals surface area contributed by atoms with Crippen molar-refractivity contribution in [1.29, 1.82) is 0 Å². The van der Waals surface area contributed by atoms with Gasteiger partial charge in [-0.2, -0.15) is 0 Å². The molecule has 0 amide bonds. The predicted octanol–water partition coefficient (Wildman–Crippen LogP) is 3.32. The molecule has 3 nitrogen and oxygen atoms in total. The molecule has 1 aromatic heterocycles. The van der Waals surface area contributed by atoms with E-state index in [1.807, 2.05) is 6.92 Å². The summed E-state index contributed by atoms with van der Waals surface area (Å²) in [6, 6.07) is 2.08. The molecule has 3 heteroatoms. The quantitative estimate of drug-likeness (QED) is 0.907. The number of hydrogen-bond donors (Lipinski definition) is 1. The lowest BCUT2D eigenvalue weighted by Crippen LogP contribution is -2.62. The predicted molar refractivity (Wildman–Crippen MR) is 78.9 cm³/mol. The summed E-state index contributed by atoms with van der Waals surface area (Å²) in [7, 11) is 2.21. The average molecular weight is 264 g/mol. The van der Waals surface area contributed by atoms with Crippen LogP contribution < -0.4 is 5.73 Å². The van der Waals surface area contributed by atoms with Gasteiger partial charge in [-0.15, -0.1) is 0 Å². The Morgan fingerprint density at radius 2 is 2.00 bits per heavy atom. The van der Waals surface area contributed by atoms with Gasteiger partial charge in [0.25, 0.3) is 0 Å². The molecule has 0 bridgehead atoms. The van der Waals surface area contributed by atoms with Gasteiger partial charge in [-0.25, -0.2) is 0 Å². The average Bonchev–Trinajstić information content (AvgIpc) is 2.75. The molecular formula is C16H28N2O. The second-order valence-corrected chi connectivity index (χ2v) is 6.68. The third-order valence-electron chi connectivity index (χ3n) is 5.34. The summed E-state index contributed by atoms with van der Waals surface area (Å²) in [5, 5.41) is 0. The smallest absolute Gasteiger partial charge is 0.105 e. The van der Waals surface area contributed by atoms with Crippen molar-refractivity contribution < 1.29 is 4.42 Å². The summed E-state index contributed by atoms with van der Waals surface area (Å²) in [5.74, 6) is 1.02. The number of aryl methyl sites for hydroxylation is 1. The van der Waals surface area contributed by atoms with Crippen LogP contribution in [-0.2, 0) is 6.54 Å². The molecule has 1 aliphatic carbocycles. The minimum absolute atomic E-state index is 0.106. The Hall–Kier alpha value is -0.800. The van der Waals surface area contributed by atoms with Gasteiger partial charge in [0.2, 0.25) is 0 Å². The zero-order valence-electron chi connectivity index (χ0n) is 12.8. The number of hydrogen-bond acceptors (Lipinski definition) is 3. The monoisotopic (exact) mass is 264 g/mol. The Labute approximate surface area is 117 Å². The fourth-order valence-electron chi connectivity index (χ4n) is 3.78. The minimum Gasteiger partial charge on any atom is -0.469 e. The molecule has 108 valence electrons. The van der Waals surface area contributed by atoms with Gasteiger partial charge in [-0.05, 0) is 38.3 Å². The highest BCUT2D eigenvalue weighted by atomic mass is 16.3. The number of likely N-dealkylation sites (N-methyl/N-ethyl adjacent to an activating group) is 1. The van der Waals surface area contributed by atoms with Crippen molar-refractivity contribution >= 4 is 0 Å². The lowest BCUT2D eigenvalue weighted by Gasteiger charge is -2.55. The first-order valence-corrected chi connectivity index (χ1v) is 7.37. The topological polar surface area (TPSA) is 42.4 Å². The summed E-state index contributed by atoms with van der Waals surface area (Å²) in [4.78, 5) is 2.46. The number of nitrogens with zero attached hydrogens (tertiary/aromatic N) is 1. The normalized spacial score (nSPS) is 26.8. The lowest BCUT2D eigenvalue weighted by molar-refractivity contribution is -0.0336. The Kier molecular flexibility index (Phi) is 4.07. The molecule has 1 atom stereocenters. The standard InChI is InChI=1S/C16H28N2O/c1-13-14(7-10-19-13)11-18(4)16(12-17)9-6-5-8-15(16,2)3/h7,10H,5-6,8-9,11-12,17H2,1-4H3. The Morgan fingerprint density at radius 3 is 2.53 bits per heavy atom. The van der Waals surface area contributed by atoms with E-state index in [9.17, 15) is 0 Å². The van der Waals surface area contributed by atoms with Crippen LogP contribution >= 0.6 is 0 Å². The first-order chi connectivity index (χ1) is 8.93. The van der Waals surface area contributed by atoms with Gasteiger partial charge in [0.15, 0.2) is 0 Å². The van der Waals surface area contributed by atoms with Crippen LogP contribution in [0.15, 0.2) is 16.7 Å². The van der Waals surface area contributed by atoms with Gasteiger partial charge in [-0.3, -0.25) is 4.90 Å². The first-order valence-electron chi connectivity index (χ1n) is 7.37. The van der Waals surface area contributed by atoms with E-state index in [1.165, 1.54) is 31.2 Å². The highest BCUT2D eigenvalue weighted by Crippen LogP contribution is 2.47. The number of nitrogens with two attached hydrogens (primary N) is 1. The van der Waals surface area contributed by atoms with Crippen molar-refractivity contribution in [3.8, 4) is 0 Å². The van der Waals surface area contributed by atoms with Gasteiger partial charge in [-0.1, -0.05) is 26.7 Å². The molecule has 1 heterocycles. The van der Waals surface area contributed by atoms with Crippen molar-refractivity contribution in [2.24, 2.45) is 11.1 Å². The molecule has 1 saturated carbocycles. The van der Waals surface area contributed by atoms with Crippen LogP contribution in [0.4, 0.5) is 0 Å². The van der Waals surface area contributed by atoms with Crippen LogP contribution in [0.25, 0.3) is 0 Å². The molecule has 19 heavy (non-hydrogen) atoms. The number of furan rings is 1. The Balaban J connectivity index is 2.23. The van der Waals surface area contributed by atoms with E-state index in [0.29, 0.717) is 0 Å². The van der Waals surface area contributed by atoms with E-state index >= 15 is 0 Å². The second-order valence-electron chi connectivity index (χ2n) is 6.68. The molecule has 0 saturated heterocycles. The highest BCUT2D eigenvalue weighted by molar-refractivity contribution is 5.16. The van der Waals surface area contributed by atoms with Crippen molar-refractivity contribution in [3.05, 3.63) is 23.7 Å². The molecule has 1 fully saturated rings. The lowest BCUT2D eigenvalue weighted by atomic mass is 9.62. The van der Waals surface area contributed by atoms with Crippen molar-refractivity contribution in [2.45, 2.75) is 58.5 Å². The second kappa shape index (κ2) is 5.29. The third kappa shape index (κ3) is 2.46. The van der Waals surface area contributed by atoms with Crippen LogP contribution in [0.2, 0.25) is 0 Å². The largest absolute Gasteiger partial charge is 0.469 e. The summed E-state index contributed by atoms with van der Waals surface area (Å²) < 4.78 is 5.41. The summed E-state index contributed by atoms with van der Waals surface area (Å²) in [6.07, 6.45) is 6.85. The first kappa shape index (κ1) is 14.6. The van der Waals surface area contributed by atoms with Crippen LogP contribution in [0.1, 0.15) is 50.9 Å². The molecule has 0 spiro atoms. The van der Waals surface area contributed by atoms with E-state index in [-0.39, 0.29) is 11.0 Å². The van der Waals surface area contributed by atoms with Crippen LogP contribution in [-0.4, -0.2) is 24.0 Å². The summed E-state index contributed by atoms with van der Waals surface area (Å²) in [6.45, 7) is 8.43. The van der Waals surface area contributed by atoms with Gasteiger partial charge in [0, 0.05) is 24.2 Å². The highest BCUT2D eigenvalue weighted by Gasteiger charge is 2.48. The van der Waals surface area contributed by atoms with E-state index < -0.39 is 0 Å². The maximum absolute atomic E-state index is 6.22. The molecule has 1 unspecified atom stereocenters. The van der Waals surface area contributed by atoms with Crippen LogP contribution in [0.3, 0.4) is 0 Å². The Bertz CT molecular complexity index is 424. The minimum atomic E-state index is 0.106. The van der Waals surface area contributed by atoms with E-state index in [2.05, 4.69) is 31.9 Å². The molecule has 0 aromatic carbocycles. The molecule has 0 radical (unpaired) electrons. The van der Waals surface area contributed by atoms with Crippen molar-refractivity contribution in [2.75, 3.05) is 13.6 Å². The van der Waals surface area contributed by atoms with E-state index in [1.54, 1.807) is 6.26 Å². The maximum Gasteiger partial charge on any atom is 0.105 e. The molecular weight excluding hydrogens is 236 g/mol. The summed E-state index contributed by atoms with van der Waals surface area (Å²) >= 11 is 0. The molecule has 0 aliphatic heterocycles. The Morgan fingerprint density at radius 1 is 1.32 bits per heavy atom. The van der Waals surface area contributed by atoms with Gasteiger partial charge in [0.1, 0.15) is 5.76 Å². The van der Waals surface area contributed by atoms with Gasteiger partial charge < -0.3 is 10.2 Å².